The summed E-state index contributed by atoms with van der Waals surface area (Å²) in [5.74, 6) is 0. The molecule has 0 radical (unpaired) electrons. The molecule has 0 saturated heterocycles. The van der Waals surface area contributed by atoms with E-state index in [0.717, 1.165) is 39.4 Å². The molecule has 14 aromatic rings. The maximum Gasteiger partial charge on any atom is 0.0547 e. The summed E-state index contributed by atoms with van der Waals surface area (Å²) < 4.78 is 2.40. The zero-order valence-corrected chi connectivity index (χ0v) is 39.5. The number of anilines is 3. The second-order valence-electron chi connectivity index (χ2n) is 18.8. The van der Waals surface area contributed by atoms with Crippen LogP contribution in [0.1, 0.15) is 0 Å². The maximum atomic E-state index is 2.48. The molecule has 0 fully saturated rings. The lowest BCUT2D eigenvalue weighted by atomic mass is 9.84. The van der Waals surface area contributed by atoms with E-state index >= 15 is 0 Å². The van der Waals surface area contributed by atoms with Crippen LogP contribution in [0.3, 0.4) is 0 Å². The summed E-state index contributed by atoms with van der Waals surface area (Å²) in [6, 6.07) is 102. The van der Waals surface area contributed by atoms with Gasteiger partial charge < -0.3 is 9.47 Å². The van der Waals surface area contributed by atoms with Gasteiger partial charge in [0.05, 0.1) is 16.7 Å². The highest BCUT2D eigenvalue weighted by Gasteiger charge is 2.22. The van der Waals surface area contributed by atoms with E-state index in [-0.39, 0.29) is 0 Å². The Morgan fingerprint density at radius 2 is 0.750 bits per heavy atom. The molecule has 0 aliphatic carbocycles. The Bertz CT molecular complexity index is 4380. The van der Waals surface area contributed by atoms with Gasteiger partial charge in [-0.3, -0.25) is 0 Å². The van der Waals surface area contributed by atoms with E-state index in [9.17, 15) is 0 Å². The van der Waals surface area contributed by atoms with Crippen molar-refractivity contribution in [3.8, 4) is 50.2 Å². The van der Waals surface area contributed by atoms with Gasteiger partial charge in [0.15, 0.2) is 0 Å². The van der Waals surface area contributed by atoms with Crippen molar-refractivity contribution in [3.05, 3.63) is 279 Å². The summed E-state index contributed by atoms with van der Waals surface area (Å²) in [4.78, 5) is 2.48. The van der Waals surface area contributed by atoms with Crippen molar-refractivity contribution in [2.75, 3.05) is 4.90 Å². The van der Waals surface area contributed by atoms with Gasteiger partial charge in [0.1, 0.15) is 0 Å². The summed E-state index contributed by atoms with van der Waals surface area (Å²) >= 11 is 0. The molecule has 0 spiro atoms. The lowest BCUT2D eigenvalue weighted by Crippen LogP contribution is -2.11. The van der Waals surface area contributed by atoms with Crippen molar-refractivity contribution in [1.29, 1.82) is 0 Å². The van der Waals surface area contributed by atoms with Crippen LogP contribution in [0.2, 0.25) is 0 Å². The van der Waals surface area contributed by atoms with Crippen molar-refractivity contribution in [2.45, 2.75) is 0 Å². The summed E-state index contributed by atoms with van der Waals surface area (Å²) in [5.41, 5.74) is 16.4. The minimum atomic E-state index is 1.08. The van der Waals surface area contributed by atoms with Gasteiger partial charge in [-0.2, -0.15) is 0 Å². The molecule has 0 aliphatic rings. The fourth-order valence-corrected chi connectivity index (χ4v) is 11.6. The summed E-state index contributed by atoms with van der Waals surface area (Å²) in [6.07, 6.45) is 0. The Morgan fingerprint density at radius 3 is 1.47 bits per heavy atom. The molecule has 0 unspecified atom stereocenters. The lowest BCUT2D eigenvalue weighted by Gasteiger charge is -2.28. The SMILES string of the molecule is c1ccc(-c2c(-c3ccccc3)c3cc(-c4cccc(N(c5cccc(-c6cccc7c6c6ccccc6n7-c6ccccc6)c5)c5cc6ccccc6c6ccccc56)c4)ccc3c3ccccc23)cc1. The predicted octanol–water partition coefficient (Wildman–Crippen LogP) is 19.5. The zero-order valence-electron chi connectivity index (χ0n) is 39.5. The van der Waals surface area contributed by atoms with E-state index in [2.05, 4.69) is 289 Å². The smallest absolute Gasteiger partial charge is 0.0547 e. The largest absolute Gasteiger partial charge is 0.310 e. The van der Waals surface area contributed by atoms with Crippen molar-refractivity contribution in [1.82, 2.24) is 4.57 Å². The van der Waals surface area contributed by atoms with Crippen molar-refractivity contribution < 1.29 is 0 Å². The van der Waals surface area contributed by atoms with E-state index in [1.165, 1.54) is 92.7 Å². The Labute approximate surface area is 418 Å². The number of para-hydroxylation sites is 2. The van der Waals surface area contributed by atoms with Crippen LogP contribution in [-0.4, -0.2) is 4.57 Å². The molecule has 0 aliphatic heterocycles. The Balaban J connectivity index is 0.994. The zero-order chi connectivity index (χ0) is 47.5. The molecule has 0 atom stereocenters. The van der Waals surface area contributed by atoms with Crippen LogP contribution in [0, 0.1) is 0 Å². The van der Waals surface area contributed by atoms with Crippen LogP contribution in [0.5, 0.6) is 0 Å². The second kappa shape index (κ2) is 17.2. The predicted molar refractivity (Wildman–Crippen MR) is 307 cm³/mol. The molecule has 0 amide bonds. The first-order valence-corrected chi connectivity index (χ1v) is 24.8. The average molecular weight is 915 g/mol. The fraction of sp³-hybridized carbons (Fsp3) is 0. The Kier molecular flexibility index (Phi) is 9.89. The third-order valence-electron chi connectivity index (χ3n) is 14.7. The van der Waals surface area contributed by atoms with Gasteiger partial charge >= 0.3 is 0 Å². The first-order valence-electron chi connectivity index (χ1n) is 24.8. The number of nitrogens with zero attached hydrogens (tertiary/aromatic N) is 2. The van der Waals surface area contributed by atoms with Gasteiger partial charge in [-0.15, -0.1) is 0 Å². The highest BCUT2D eigenvalue weighted by Crippen LogP contribution is 2.48. The Morgan fingerprint density at radius 1 is 0.264 bits per heavy atom. The highest BCUT2D eigenvalue weighted by atomic mass is 15.1. The first-order chi connectivity index (χ1) is 35.7. The van der Waals surface area contributed by atoms with E-state index in [1.54, 1.807) is 0 Å². The number of fused-ring (bicyclic) bond motifs is 9. The third kappa shape index (κ3) is 6.80. The number of benzene rings is 13. The molecule has 0 saturated carbocycles. The number of hydrogen-bond donors (Lipinski definition) is 0. The standard InChI is InChI=1S/C70H46N2/c1-4-21-47(22-5-1)68-62-36-15-13-34-59(62)60-42-41-50(45-64(60)69(68)48-23-6-2-7-24-48)49-26-18-30-54(43-49)71(67-46-52-25-10-11-32-56(52)58-33-12-14-35-61(58)67)55-31-19-27-51(44-55)57-38-20-40-66-70(57)63-37-16-17-39-65(63)72(66)53-28-8-3-9-29-53/h1-46H. The van der Waals surface area contributed by atoms with Crippen LogP contribution in [0.4, 0.5) is 17.1 Å². The molecule has 14 rings (SSSR count). The molecular weight excluding hydrogens is 869 g/mol. The number of aromatic nitrogens is 1. The van der Waals surface area contributed by atoms with E-state index < -0.39 is 0 Å². The van der Waals surface area contributed by atoms with Gasteiger partial charge in [0, 0.05) is 33.2 Å². The molecule has 13 aromatic carbocycles. The number of rotatable bonds is 8. The van der Waals surface area contributed by atoms with Gasteiger partial charge in [-0.1, -0.05) is 218 Å². The van der Waals surface area contributed by atoms with Crippen LogP contribution in [0.15, 0.2) is 279 Å². The van der Waals surface area contributed by atoms with Crippen LogP contribution in [-0.2, 0) is 0 Å². The quantitative estimate of drug-likeness (QED) is 0.138. The molecular formula is C70H46N2. The Hall–Kier alpha value is -9.50. The van der Waals surface area contributed by atoms with Crippen LogP contribution >= 0.6 is 0 Å². The third-order valence-corrected chi connectivity index (χ3v) is 14.7. The summed E-state index contributed by atoms with van der Waals surface area (Å²) in [6.45, 7) is 0. The number of hydrogen-bond acceptors (Lipinski definition) is 1. The molecule has 2 heteroatoms. The molecule has 72 heavy (non-hydrogen) atoms. The van der Waals surface area contributed by atoms with Crippen molar-refractivity contribution in [2.24, 2.45) is 0 Å². The topological polar surface area (TPSA) is 8.17 Å². The maximum absolute atomic E-state index is 2.48. The molecule has 336 valence electrons. The normalized spacial score (nSPS) is 11.6. The van der Waals surface area contributed by atoms with Crippen LogP contribution in [0.25, 0.3) is 115 Å². The van der Waals surface area contributed by atoms with Crippen molar-refractivity contribution >= 4 is 82.0 Å². The fourth-order valence-electron chi connectivity index (χ4n) is 11.6. The molecule has 1 heterocycles. The molecule has 1 aromatic heterocycles. The minimum Gasteiger partial charge on any atom is -0.310 e. The van der Waals surface area contributed by atoms with Gasteiger partial charge in [-0.05, 0) is 143 Å². The van der Waals surface area contributed by atoms with Gasteiger partial charge in [0.25, 0.3) is 0 Å². The van der Waals surface area contributed by atoms with E-state index in [0.29, 0.717) is 0 Å². The summed E-state index contributed by atoms with van der Waals surface area (Å²) in [7, 11) is 0. The van der Waals surface area contributed by atoms with E-state index in [4.69, 9.17) is 0 Å². The van der Waals surface area contributed by atoms with Gasteiger partial charge in [-0.25, -0.2) is 0 Å². The summed E-state index contributed by atoms with van der Waals surface area (Å²) in [5, 5.41) is 12.3. The molecule has 2 nitrogen and oxygen atoms in total. The highest BCUT2D eigenvalue weighted by molar-refractivity contribution is 6.22. The lowest BCUT2D eigenvalue weighted by molar-refractivity contribution is 1.18. The van der Waals surface area contributed by atoms with Crippen LogP contribution < -0.4 is 4.90 Å². The van der Waals surface area contributed by atoms with E-state index in [1.807, 2.05) is 0 Å². The molecule has 0 N–H and O–H groups in total. The molecule has 0 bridgehead atoms. The first kappa shape index (κ1) is 41.5. The van der Waals surface area contributed by atoms with Crippen molar-refractivity contribution in [3.63, 3.8) is 0 Å². The minimum absolute atomic E-state index is 1.08. The van der Waals surface area contributed by atoms with Gasteiger partial charge in [0.2, 0.25) is 0 Å². The average Bonchev–Trinajstić information content (AvgIpc) is 3.80. The monoisotopic (exact) mass is 914 g/mol. The second-order valence-corrected chi connectivity index (χ2v) is 18.8.